The molecule has 1 fully saturated rings. The fourth-order valence-electron chi connectivity index (χ4n) is 4.40. The van der Waals surface area contributed by atoms with E-state index in [0.29, 0.717) is 17.9 Å². The molecule has 0 saturated carbocycles. The number of hydrogen-bond acceptors (Lipinski definition) is 4. The van der Waals surface area contributed by atoms with Gasteiger partial charge in [-0.15, -0.1) is 0 Å². The first kappa shape index (κ1) is 22.6. The van der Waals surface area contributed by atoms with Crippen molar-refractivity contribution in [1.29, 1.82) is 0 Å². The van der Waals surface area contributed by atoms with Gasteiger partial charge >= 0.3 is 0 Å². The number of aliphatic hydroxyl groups is 1. The molecule has 3 aromatic rings. The average Bonchev–Trinajstić information content (AvgIpc) is 3.06. The van der Waals surface area contributed by atoms with Crippen molar-refractivity contribution in [1.82, 2.24) is 4.90 Å². The summed E-state index contributed by atoms with van der Waals surface area (Å²) in [4.78, 5) is 27.9. The number of ketones is 1. The number of amides is 1. The maximum absolute atomic E-state index is 13.2. The Hall–Kier alpha value is -3.60. The zero-order valence-corrected chi connectivity index (χ0v) is 19.2. The highest BCUT2D eigenvalue weighted by molar-refractivity contribution is 6.46. The third kappa shape index (κ3) is 4.36. The molecule has 33 heavy (non-hydrogen) atoms. The molecule has 1 amide bonds. The van der Waals surface area contributed by atoms with E-state index in [9.17, 15) is 14.7 Å². The van der Waals surface area contributed by atoms with Crippen LogP contribution in [0.3, 0.4) is 0 Å². The van der Waals surface area contributed by atoms with Gasteiger partial charge in [0.2, 0.25) is 0 Å². The molecule has 0 aliphatic carbocycles. The quantitative estimate of drug-likeness (QED) is 0.283. The fourth-order valence-corrected chi connectivity index (χ4v) is 4.40. The zero-order chi connectivity index (χ0) is 23.5. The number of benzene rings is 3. The molecular weight excluding hydrogens is 414 g/mol. The summed E-state index contributed by atoms with van der Waals surface area (Å²) in [5.41, 5.74) is 1.40. The van der Waals surface area contributed by atoms with E-state index in [-0.39, 0.29) is 17.4 Å². The molecule has 1 N–H and O–H groups in total. The Balaban J connectivity index is 1.91. The molecule has 4 rings (SSSR count). The SMILES string of the molecule is CCCCN1C(=O)C(=O)/C(=C(\O)c2cccc(OC(C)C)c2)C1c1cccc2ccccc12. The second kappa shape index (κ2) is 9.49. The van der Waals surface area contributed by atoms with Gasteiger partial charge in [0.25, 0.3) is 11.7 Å². The minimum Gasteiger partial charge on any atom is -0.507 e. The van der Waals surface area contributed by atoms with E-state index in [1.165, 1.54) is 0 Å². The van der Waals surface area contributed by atoms with Gasteiger partial charge in [0.15, 0.2) is 0 Å². The molecule has 1 heterocycles. The monoisotopic (exact) mass is 443 g/mol. The number of Topliss-reactive ketones (excluding diaryl/α,β-unsaturated/α-hetero) is 1. The maximum Gasteiger partial charge on any atom is 0.295 e. The summed E-state index contributed by atoms with van der Waals surface area (Å²) >= 11 is 0. The van der Waals surface area contributed by atoms with Gasteiger partial charge in [-0.25, -0.2) is 0 Å². The number of carbonyl (C=O) groups excluding carboxylic acids is 2. The second-order valence-corrected chi connectivity index (χ2v) is 8.61. The average molecular weight is 444 g/mol. The van der Waals surface area contributed by atoms with Crippen LogP contribution in [0.25, 0.3) is 16.5 Å². The van der Waals surface area contributed by atoms with Crippen molar-refractivity contribution >= 4 is 28.2 Å². The van der Waals surface area contributed by atoms with Crippen molar-refractivity contribution < 1.29 is 19.4 Å². The third-order valence-electron chi connectivity index (χ3n) is 5.89. The third-order valence-corrected chi connectivity index (χ3v) is 5.89. The van der Waals surface area contributed by atoms with Crippen molar-refractivity contribution in [3.63, 3.8) is 0 Å². The van der Waals surface area contributed by atoms with Crippen LogP contribution in [0.2, 0.25) is 0 Å². The molecule has 1 saturated heterocycles. The second-order valence-electron chi connectivity index (χ2n) is 8.61. The van der Waals surface area contributed by atoms with Crippen LogP contribution in [-0.4, -0.2) is 34.3 Å². The highest BCUT2D eigenvalue weighted by Gasteiger charge is 2.46. The van der Waals surface area contributed by atoms with Gasteiger partial charge in [0.05, 0.1) is 17.7 Å². The van der Waals surface area contributed by atoms with Crippen LogP contribution in [0, 0.1) is 0 Å². The standard InChI is InChI=1S/C28H29NO4/c1-4-5-16-29-25(23-15-9-11-19-10-6-7-14-22(19)23)24(27(31)28(29)32)26(30)20-12-8-13-21(17-20)33-18(2)3/h6-15,17-18,25,30H,4-5,16H2,1-3H3/b26-24-. The van der Waals surface area contributed by atoms with Crippen molar-refractivity contribution in [2.45, 2.75) is 45.8 Å². The molecule has 170 valence electrons. The predicted molar refractivity (Wildman–Crippen MR) is 130 cm³/mol. The molecule has 0 aromatic heterocycles. The Bertz CT molecular complexity index is 1220. The van der Waals surface area contributed by atoms with E-state index >= 15 is 0 Å². The number of rotatable bonds is 7. The van der Waals surface area contributed by atoms with Crippen molar-refractivity contribution in [3.05, 3.63) is 83.4 Å². The summed E-state index contributed by atoms with van der Waals surface area (Å²) in [6.07, 6.45) is 1.63. The summed E-state index contributed by atoms with van der Waals surface area (Å²) < 4.78 is 5.76. The molecule has 5 heteroatoms. The first-order valence-electron chi connectivity index (χ1n) is 11.5. The van der Waals surface area contributed by atoms with E-state index in [2.05, 4.69) is 0 Å². The lowest BCUT2D eigenvalue weighted by molar-refractivity contribution is -0.139. The highest BCUT2D eigenvalue weighted by Crippen LogP contribution is 2.42. The largest absolute Gasteiger partial charge is 0.507 e. The lowest BCUT2D eigenvalue weighted by Crippen LogP contribution is -2.30. The Morgan fingerprint density at radius 1 is 1.03 bits per heavy atom. The number of unbranched alkanes of at least 4 members (excludes halogenated alkanes) is 1. The van der Waals surface area contributed by atoms with Crippen molar-refractivity contribution in [2.75, 3.05) is 6.54 Å². The smallest absolute Gasteiger partial charge is 0.295 e. The van der Waals surface area contributed by atoms with E-state index < -0.39 is 17.7 Å². The van der Waals surface area contributed by atoms with Crippen LogP contribution < -0.4 is 4.74 Å². The van der Waals surface area contributed by atoms with E-state index in [1.54, 1.807) is 29.2 Å². The zero-order valence-electron chi connectivity index (χ0n) is 19.2. The molecule has 0 spiro atoms. The summed E-state index contributed by atoms with van der Waals surface area (Å²) in [5.74, 6) is -0.815. The van der Waals surface area contributed by atoms with Gasteiger partial charge in [-0.3, -0.25) is 9.59 Å². The Morgan fingerprint density at radius 2 is 1.76 bits per heavy atom. The first-order valence-corrected chi connectivity index (χ1v) is 11.5. The highest BCUT2D eigenvalue weighted by atomic mass is 16.5. The van der Waals surface area contributed by atoms with Crippen molar-refractivity contribution in [3.8, 4) is 5.75 Å². The molecule has 5 nitrogen and oxygen atoms in total. The minimum absolute atomic E-state index is 0.0299. The first-order chi connectivity index (χ1) is 15.9. The molecule has 1 aliphatic heterocycles. The molecule has 1 unspecified atom stereocenters. The number of nitrogens with zero attached hydrogens (tertiary/aromatic N) is 1. The molecule has 0 bridgehead atoms. The van der Waals surface area contributed by atoms with E-state index in [0.717, 1.165) is 29.2 Å². The predicted octanol–water partition coefficient (Wildman–Crippen LogP) is 5.85. The Morgan fingerprint density at radius 3 is 2.52 bits per heavy atom. The van der Waals surface area contributed by atoms with Gasteiger partial charge in [-0.1, -0.05) is 67.9 Å². The number of likely N-dealkylation sites (tertiary alicyclic amines) is 1. The normalized spacial score (nSPS) is 17.8. The van der Waals surface area contributed by atoms with Crippen LogP contribution in [0.5, 0.6) is 5.75 Å². The summed E-state index contributed by atoms with van der Waals surface area (Å²) in [6.45, 7) is 6.34. The maximum atomic E-state index is 13.2. The lowest BCUT2D eigenvalue weighted by atomic mass is 9.91. The van der Waals surface area contributed by atoms with Gasteiger partial charge in [0.1, 0.15) is 11.5 Å². The van der Waals surface area contributed by atoms with Crippen LogP contribution in [0.1, 0.15) is 50.8 Å². The van der Waals surface area contributed by atoms with Gasteiger partial charge in [-0.2, -0.15) is 0 Å². The Labute approximate surface area is 194 Å². The van der Waals surface area contributed by atoms with Crippen molar-refractivity contribution in [2.24, 2.45) is 0 Å². The topological polar surface area (TPSA) is 66.8 Å². The molecular formula is C28H29NO4. The van der Waals surface area contributed by atoms with Gasteiger partial charge < -0.3 is 14.7 Å². The number of carbonyl (C=O) groups is 2. The molecule has 3 aromatic carbocycles. The summed E-state index contributed by atoms with van der Waals surface area (Å²) in [5, 5.41) is 13.3. The van der Waals surface area contributed by atoms with Crippen LogP contribution in [0.15, 0.2) is 72.3 Å². The molecule has 1 aliphatic rings. The van der Waals surface area contributed by atoms with E-state index in [1.807, 2.05) is 63.2 Å². The van der Waals surface area contributed by atoms with Gasteiger partial charge in [0, 0.05) is 12.1 Å². The number of hydrogen-bond donors (Lipinski definition) is 1. The van der Waals surface area contributed by atoms with Gasteiger partial charge in [-0.05, 0) is 48.7 Å². The number of aliphatic hydroxyl groups excluding tert-OH is 1. The number of fused-ring (bicyclic) bond motifs is 1. The summed E-state index contributed by atoms with van der Waals surface area (Å²) in [6, 6.07) is 20.1. The van der Waals surface area contributed by atoms with Crippen LogP contribution >= 0.6 is 0 Å². The van der Waals surface area contributed by atoms with Crippen LogP contribution in [0.4, 0.5) is 0 Å². The molecule has 1 atom stereocenters. The Kier molecular flexibility index (Phi) is 6.50. The minimum atomic E-state index is -0.656. The number of ether oxygens (including phenoxy) is 1. The lowest BCUT2D eigenvalue weighted by Gasteiger charge is -2.26. The van der Waals surface area contributed by atoms with Crippen LogP contribution in [-0.2, 0) is 9.59 Å². The molecule has 0 radical (unpaired) electrons. The van der Waals surface area contributed by atoms with E-state index in [4.69, 9.17) is 4.74 Å². The fraction of sp³-hybridized carbons (Fsp3) is 0.286. The summed E-state index contributed by atoms with van der Waals surface area (Å²) in [7, 11) is 0.